The van der Waals surface area contributed by atoms with Crippen LogP contribution in [0.25, 0.3) is 0 Å². The molecule has 0 bridgehead atoms. The van der Waals surface area contributed by atoms with E-state index < -0.39 is 46.8 Å². The van der Waals surface area contributed by atoms with Gasteiger partial charge in [0.25, 0.3) is 11.8 Å². The fourth-order valence-corrected chi connectivity index (χ4v) is 8.53. The van der Waals surface area contributed by atoms with Crippen molar-refractivity contribution in [3.63, 3.8) is 0 Å². The first-order valence-corrected chi connectivity index (χ1v) is 15.4. The Kier molecular flexibility index (Phi) is 6.94. The van der Waals surface area contributed by atoms with Gasteiger partial charge in [0.2, 0.25) is 11.8 Å². The third kappa shape index (κ3) is 4.20. The zero-order valence-electron chi connectivity index (χ0n) is 24.4. The van der Waals surface area contributed by atoms with Crippen molar-refractivity contribution in [1.82, 2.24) is 9.91 Å². The number of carbonyl (C=O) groups is 4. The Bertz CT molecular complexity index is 1810. The molecule has 6 atom stereocenters. The van der Waals surface area contributed by atoms with Crippen LogP contribution in [0.5, 0.6) is 11.5 Å². The number of aromatic hydroxyl groups is 1. The Morgan fingerprint density at radius 3 is 2.38 bits per heavy atom. The molecule has 2 heterocycles. The molecule has 0 spiro atoms. The lowest BCUT2D eigenvalue weighted by Gasteiger charge is -2.50. The van der Waals surface area contributed by atoms with E-state index >= 15 is 4.79 Å². The van der Waals surface area contributed by atoms with E-state index in [9.17, 15) is 19.5 Å². The van der Waals surface area contributed by atoms with Gasteiger partial charge in [-0.1, -0.05) is 59.1 Å². The maximum absolute atomic E-state index is 15.1. The molecular weight excluding hydrogens is 617 g/mol. The number of nitrogens with one attached hydrogen (secondary N) is 1. The highest BCUT2D eigenvalue weighted by molar-refractivity contribution is 6.36. The Balaban J connectivity index is 1.47. The van der Waals surface area contributed by atoms with Gasteiger partial charge in [0.15, 0.2) is 0 Å². The number of fused-ring (bicyclic) bond motifs is 4. The van der Waals surface area contributed by atoms with E-state index in [2.05, 4.69) is 5.43 Å². The number of hydrazine groups is 1. The van der Waals surface area contributed by atoms with Crippen LogP contribution >= 0.6 is 23.2 Å². The van der Waals surface area contributed by atoms with Crippen LogP contribution in [-0.2, 0) is 24.6 Å². The highest BCUT2D eigenvalue weighted by atomic mass is 35.5. The van der Waals surface area contributed by atoms with Gasteiger partial charge in [-0.25, -0.2) is 0 Å². The van der Waals surface area contributed by atoms with Crippen molar-refractivity contribution in [3.05, 3.63) is 99.6 Å². The molecular formula is C34H29Cl2N3O6. The summed E-state index contributed by atoms with van der Waals surface area (Å²) in [6, 6.07) is 18.4. The molecule has 4 aliphatic rings. The number of likely N-dealkylation sites (tertiary alicyclic amines) is 1. The molecule has 6 unspecified atom stereocenters. The molecule has 9 nitrogen and oxygen atoms in total. The SMILES string of the molecule is COc1ccc(C23C(=O)N(Nc4ccc(Cl)cc4Cl)C(=O)C2CC2C(=CCC4C(=O)N(C)C(=O)C42)C3c2cccc(O)c2)cc1. The lowest BCUT2D eigenvalue weighted by Crippen LogP contribution is -2.53. The van der Waals surface area contributed by atoms with Crippen LogP contribution in [0.4, 0.5) is 5.69 Å². The van der Waals surface area contributed by atoms with Gasteiger partial charge in [-0.2, -0.15) is 5.01 Å². The van der Waals surface area contributed by atoms with Crippen molar-refractivity contribution in [3.8, 4) is 11.5 Å². The van der Waals surface area contributed by atoms with Crippen molar-refractivity contribution in [2.24, 2.45) is 23.7 Å². The molecule has 2 aliphatic heterocycles. The Morgan fingerprint density at radius 1 is 0.933 bits per heavy atom. The zero-order chi connectivity index (χ0) is 31.8. The number of methoxy groups -OCH3 is 1. The van der Waals surface area contributed by atoms with Gasteiger partial charge in [-0.3, -0.25) is 29.5 Å². The predicted octanol–water partition coefficient (Wildman–Crippen LogP) is 5.32. The monoisotopic (exact) mass is 645 g/mol. The number of allylic oxidation sites excluding steroid dienone is 2. The molecule has 3 aromatic rings. The second kappa shape index (κ2) is 10.6. The van der Waals surface area contributed by atoms with Crippen LogP contribution in [0.1, 0.15) is 29.9 Å². The van der Waals surface area contributed by atoms with E-state index in [1.54, 1.807) is 61.7 Å². The van der Waals surface area contributed by atoms with E-state index in [0.717, 1.165) is 10.6 Å². The van der Waals surface area contributed by atoms with Crippen molar-refractivity contribution in [2.45, 2.75) is 24.2 Å². The summed E-state index contributed by atoms with van der Waals surface area (Å²) in [5.74, 6) is -4.31. The average molecular weight is 647 g/mol. The molecule has 2 N–H and O–H groups in total. The zero-order valence-corrected chi connectivity index (χ0v) is 25.9. The van der Waals surface area contributed by atoms with E-state index in [4.69, 9.17) is 27.9 Å². The molecule has 3 fully saturated rings. The fourth-order valence-electron chi connectivity index (χ4n) is 8.08. The number of benzene rings is 3. The number of amides is 4. The summed E-state index contributed by atoms with van der Waals surface area (Å²) in [5, 5.41) is 12.3. The van der Waals surface area contributed by atoms with Crippen molar-refractivity contribution in [2.75, 3.05) is 19.6 Å². The van der Waals surface area contributed by atoms with Crippen LogP contribution in [0.15, 0.2) is 78.4 Å². The smallest absolute Gasteiger partial charge is 0.260 e. The summed E-state index contributed by atoms with van der Waals surface area (Å²) >= 11 is 12.6. The third-order valence-electron chi connectivity index (χ3n) is 10.0. The Labute approximate surface area is 269 Å². The van der Waals surface area contributed by atoms with Gasteiger partial charge in [-0.15, -0.1) is 0 Å². The Morgan fingerprint density at radius 2 is 1.69 bits per heavy atom. The highest BCUT2D eigenvalue weighted by Gasteiger charge is 2.70. The summed E-state index contributed by atoms with van der Waals surface area (Å²) in [4.78, 5) is 57.5. The van der Waals surface area contributed by atoms with Crippen LogP contribution in [-0.4, -0.2) is 52.8 Å². The first-order valence-electron chi connectivity index (χ1n) is 14.6. The molecule has 0 aromatic heterocycles. The predicted molar refractivity (Wildman–Crippen MR) is 167 cm³/mol. The molecule has 11 heteroatoms. The minimum absolute atomic E-state index is 0.00288. The number of halogens is 2. The van der Waals surface area contributed by atoms with Gasteiger partial charge in [0.1, 0.15) is 11.5 Å². The van der Waals surface area contributed by atoms with Gasteiger partial charge in [0.05, 0.1) is 41.0 Å². The Hall–Kier alpha value is -4.34. The normalized spacial score (nSPS) is 28.9. The first-order chi connectivity index (χ1) is 21.6. The van der Waals surface area contributed by atoms with Gasteiger partial charge in [0, 0.05) is 18.0 Å². The topological polar surface area (TPSA) is 116 Å². The number of ether oxygens (including phenoxy) is 1. The molecule has 3 aromatic carbocycles. The number of imide groups is 2. The lowest BCUT2D eigenvalue weighted by molar-refractivity contribution is -0.140. The molecule has 2 saturated heterocycles. The van der Waals surface area contributed by atoms with E-state index in [1.807, 2.05) is 12.1 Å². The van der Waals surface area contributed by atoms with Gasteiger partial charge in [-0.05, 0) is 72.4 Å². The van der Waals surface area contributed by atoms with Crippen molar-refractivity contribution in [1.29, 1.82) is 0 Å². The molecule has 45 heavy (non-hydrogen) atoms. The van der Waals surface area contributed by atoms with Crippen LogP contribution in [0, 0.1) is 23.7 Å². The molecule has 0 radical (unpaired) electrons. The maximum atomic E-state index is 15.1. The molecule has 1 saturated carbocycles. The number of rotatable bonds is 5. The number of phenolic OH excluding ortho intramolecular Hbond substituents is 1. The van der Waals surface area contributed by atoms with E-state index in [1.165, 1.54) is 18.0 Å². The van der Waals surface area contributed by atoms with Crippen molar-refractivity contribution < 1.29 is 29.0 Å². The van der Waals surface area contributed by atoms with Gasteiger partial charge >= 0.3 is 0 Å². The van der Waals surface area contributed by atoms with E-state index in [0.29, 0.717) is 34.0 Å². The summed E-state index contributed by atoms with van der Waals surface area (Å²) in [5.41, 5.74) is 3.80. The molecule has 2 aliphatic carbocycles. The number of anilines is 1. The highest BCUT2D eigenvalue weighted by Crippen LogP contribution is 2.64. The number of phenols is 1. The summed E-state index contributed by atoms with van der Waals surface area (Å²) in [6.07, 6.45) is 2.46. The second-order valence-corrected chi connectivity index (χ2v) is 12.9. The second-order valence-electron chi connectivity index (χ2n) is 12.0. The summed E-state index contributed by atoms with van der Waals surface area (Å²) < 4.78 is 5.41. The molecule has 4 amide bonds. The minimum atomic E-state index is -1.48. The summed E-state index contributed by atoms with van der Waals surface area (Å²) in [7, 11) is 3.04. The standard InChI is InChI=1S/C34H29Cl2N3O6/c1-38-30(41)23-12-11-22-24(28(23)32(38)43)16-25-31(42)39(37-27-13-8-19(35)15-26(27)36)33(44)34(25,18-6-9-21(45-2)10-7-18)29(22)17-4-3-5-20(40)14-17/h3-11,13-15,23-25,28-29,37,40H,12,16H2,1-2H3. The van der Waals surface area contributed by atoms with Crippen molar-refractivity contribution >= 4 is 52.5 Å². The maximum Gasteiger partial charge on any atom is 0.260 e. The van der Waals surface area contributed by atoms with Crippen LogP contribution in [0.3, 0.4) is 0 Å². The molecule has 230 valence electrons. The summed E-state index contributed by atoms with van der Waals surface area (Å²) in [6.45, 7) is 0. The van der Waals surface area contributed by atoms with E-state index in [-0.39, 0.29) is 29.0 Å². The van der Waals surface area contributed by atoms with Gasteiger partial charge < -0.3 is 9.84 Å². The minimum Gasteiger partial charge on any atom is -0.508 e. The first kappa shape index (κ1) is 29.4. The third-order valence-corrected chi connectivity index (χ3v) is 10.6. The molecule has 7 rings (SSSR count). The number of hydrogen-bond acceptors (Lipinski definition) is 7. The quantitative estimate of drug-likeness (QED) is 0.285. The fraction of sp³-hybridized carbons (Fsp3) is 0.294. The number of carbonyl (C=O) groups excluding carboxylic acids is 4. The van der Waals surface area contributed by atoms with Crippen LogP contribution in [0.2, 0.25) is 10.0 Å². The largest absolute Gasteiger partial charge is 0.508 e. The number of hydrogen-bond donors (Lipinski definition) is 2. The lowest BCUT2D eigenvalue weighted by atomic mass is 9.49. The average Bonchev–Trinajstić information content (AvgIpc) is 3.38. The van der Waals surface area contributed by atoms with Crippen LogP contribution < -0.4 is 10.2 Å². The number of nitrogens with zero attached hydrogens (tertiary/aromatic N) is 2.